The lowest BCUT2D eigenvalue weighted by Gasteiger charge is -2.06. The summed E-state index contributed by atoms with van der Waals surface area (Å²) in [5, 5.41) is 17.2. The number of aryl methyl sites for hydroxylation is 1. The third kappa shape index (κ3) is 2.70. The largest absolute Gasteiger partial charge is 0.337 e. The number of aromatic nitrogens is 4. The van der Waals surface area contributed by atoms with E-state index in [2.05, 4.69) is 15.2 Å². The lowest BCUT2D eigenvalue weighted by molar-refractivity contribution is 0.357. The summed E-state index contributed by atoms with van der Waals surface area (Å²) in [4.78, 5) is 16.4. The van der Waals surface area contributed by atoms with E-state index in [1.807, 2.05) is 6.07 Å². The Bertz CT molecular complexity index is 780. The zero-order valence-corrected chi connectivity index (χ0v) is 12.0. The SMILES string of the molecule is Cc1nn(Cc2nc(CC3CC3)no2)c(=O)c(C#N)c1C. The Hall–Kier alpha value is -2.49. The Labute approximate surface area is 121 Å². The standard InChI is InChI=1S/C14H15N5O2/c1-8-9(2)17-19(14(20)11(8)6-15)7-13-16-12(18-21-13)5-10-3-4-10/h10H,3-5,7H2,1-2H3. The van der Waals surface area contributed by atoms with Crippen LogP contribution in [0.15, 0.2) is 9.32 Å². The fourth-order valence-corrected chi connectivity index (χ4v) is 2.16. The molecule has 3 rings (SSSR count). The minimum Gasteiger partial charge on any atom is -0.337 e. The maximum Gasteiger partial charge on any atom is 0.285 e. The molecule has 0 amide bonds. The Kier molecular flexibility index (Phi) is 3.29. The van der Waals surface area contributed by atoms with Gasteiger partial charge < -0.3 is 4.52 Å². The van der Waals surface area contributed by atoms with Crippen LogP contribution in [0, 0.1) is 31.1 Å². The molecule has 0 bridgehead atoms. The van der Waals surface area contributed by atoms with Crippen LogP contribution in [-0.4, -0.2) is 19.9 Å². The predicted molar refractivity (Wildman–Crippen MR) is 72.5 cm³/mol. The summed E-state index contributed by atoms with van der Waals surface area (Å²) < 4.78 is 6.36. The molecule has 0 aromatic carbocycles. The number of nitriles is 1. The van der Waals surface area contributed by atoms with Gasteiger partial charge in [-0.1, -0.05) is 5.16 Å². The van der Waals surface area contributed by atoms with Crippen LogP contribution in [0.5, 0.6) is 0 Å². The highest BCUT2D eigenvalue weighted by Gasteiger charge is 2.24. The first-order chi connectivity index (χ1) is 10.1. The lowest BCUT2D eigenvalue weighted by atomic mass is 10.1. The van der Waals surface area contributed by atoms with Gasteiger partial charge >= 0.3 is 0 Å². The second-order valence-corrected chi connectivity index (χ2v) is 5.41. The van der Waals surface area contributed by atoms with E-state index < -0.39 is 5.56 Å². The van der Waals surface area contributed by atoms with Gasteiger partial charge in [0.15, 0.2) is 5.82 Å². The molecule has 1 saturated carbocycles. The molecule has 0 radical (unpaired) electrons. The van der Waals surface area contributed by atoms with Gasteiger partial charge in [-0.15, -0.1) is 0 Å². The van der Waals surface area contributed by atoms with Crippen molar-refractivity contribution in [3.63, 3.8) is 0 Å². The highest BCUT2D eigenvalue weighted by atomic mass is 16.5. The molecule has 0 aliphatic heterocycles. The highest BCUT2D eigenvalue weighted by Crippen LogP contribution is 2.31. The Morgan fingerprint density at radius 2 is 2.19 bits per heavy atom. The second kappa shape index (κ2) is 5.13. The molecule has 7 nitrogen and oxygen atoms in total. The maximum atomic E-state index is 12.2. The molecule has 1 aliphatic carbocycles. The smallest absolute Gasteiger partial charge is 0.285 e. The van der Waals surface area contributed by atoms with Gasteiger partial charge in [0.05, 0.1) is 5.69 Å². The summed E-state index contributed by atoms with van der Waals surface area (Å²) in [5.41, 5.74) is 0.935. The van der Waals surface area contributed by atoms with Crippen LogP contribution in [0.3, 0.4) is 0 Å². The van der Waals surface area contributed by atoms with Gasteiger partial charge in [0.1, 0.15) is 18.2 Å². The van der Waals surface area contributed by atoms with Crippen molar-refractivity contribution in [3.05, 3.63) is 38.9 Å². The lowest BCUT2D eigenvalue weighted by Crippen LogP contribution is -2.28. The average Bonchev–Trinajstić information content (AvgIpc) is 3.16. The average molecular weight is 285 g/mol. The third-order valence-electron chi connectivity index (χ3n) is 3.71. The maximum absolute atomic E-state index is 12.2. The molecular formula is C14H15N5O2. The fraction of sp³-hybridized carbons (Fsp3) is 0.500. The van der Waals surface area contributed by atoms with Crippen molar-refractivity contribution in [2.45, 2.75) is 39.7 Å². The molecule has 2 heterocycles. The molecule has 0 unspecified atom stereocenters. The van der Waals surface area contributed by atoms with E-state index in [1.165, 1.54) is 17.5 Å². The Balaban J connectivity index is 1.87. The van der Waals surface area contributed by atoms with Crippen molar-refractivity contribution in [1.82, 2.24) is 19.9 Å². The van der Waals surface area contributed by atoms with E-state index in [-0.39, 0.29) is 12.1 Å². The molecule has 21 heavy (non-hydrogen) atoms. The van der Waals surface area contributed by atoms with E-state index >= 15 is 0 Å². The molecule has 1 aliphatic rings. The molecule has 7 heteroatoms. The van der Waals surface area contributed by atoms with E-state index in [0.717, 1.165) is 6.42 Å². The zero-order chi connectivity index (χ0) is 15.0. The van der Waals surface area contributed by atoms with Crippen molar-refractivity contribution in [1.29, 1.82) is 5.26 Å². The molecule has 2 aromatic heterocycles. The molecule has 1 fully saturated rings. The van der Waals surface area contributed by atoms with E-state index in [0.29, 0.717) is 28.9 Å². The van der Waals surface area contributed by atoms with Gasteiger partial charge in [-0.3, -0.25) is 4.79 Å². The predicted octanol–water partition coefficient (Wildman–Crippen LogP) is 1.12. The normalized spacial score (nSPS) is 14.1. The molecule has 0 saturated heterocycles. The van der Waals surface area contributed by atoms with E-state index in [1.54, 1.807) is 13.8 Å². The molecule has 0 spiro atoms. The summed E-state index contributed by atoms with van der Waals surface area (Å²) in [6, 6.07) is 1.93. The number of hydrogen-bond acceptors (Lipinski definition) is 6. The van der Waals surface area contributed by atoms with Gasteiger partial charge in [0.25, 0.3) is 5.56 Å². The van der Waals surface area contributed by atoms with Gasteiger partial charge in [0.2, 0.25) is 5.89 Å². The first kappa shape index (κ1) is 13.5. The summed E-state index contributed by atoms with van der Waals surface area (Å²) in [6.45, 7) is 3.57. The molecular weight excluding hydrogens is 270 g/mol. The van der Waals surface area contributed by atoms with Gasteiger partial charge in [-0.25, -0.2) is 4.68 Å². The van der Waals surface area contributed by atoms with Crippen LogP contribution in [0.2, 0.25) is 0 Å². The molecule has 108 valence electrons. The topological polar surface area (TPSA) is 97.6 Å². The van der Waals surface area contributed by atoms with Gasteiger partial charge in [-0.2, -0.15) is 15.3 Å². The summed E-state index contributed by atoms with van der Waals surface area (Å²) in [7, 11) is 0. The van der Waals surface area contributed by atoms with Crippen LogP contribution >= 0.6 is 0 Å². The number of nitrogens with zero attached hydrogens (tertiary/aromatic N) is 5. The van der Waals surface area contributed by atoms with Gasteiger partial charge in [0, 0.05) is 6.42 Å². The van der Waals surface area contributed by atoms with Crippen LogP contribution in [0.25, 0.3) is 0 Å². The van der Waals surface area contributed by atoms with E-state index in [4.69, 9.17) is 9.78 Å². The number of rotatable bonds is 4. The van der Waals surface area contributed by atoms with Gasteiger partial charge in [-0.05, 0) is 38.2 Å². The monoisotopic (exact) mass is 285 g/mol. The second-order valence-electron chi connectivity index (χ2n) is 5.41. The molecule has 0 atom stereocenters. The van der Waals surface area contributed by atoms with Crippen molar-refractivity contribution in [2.24, 2.45) is 5.92 Å². The Morgan fingerprint density at radius 1 is 1.43 bits per heavy atom. The molecule has 0 N–H and O–H groups in total. The number of hydrogen-bond donors (Lipinski definition) is 0. The van der Waals surface area contributed by atoms with Crippen LogP contribution in [0.4, 0.5) is 0 Å². The van der Waals surface area contributed by atoms with Crippen molar-refractivity contribution >= 4 is 0 Å². The molecule has 2 aromatic rings. The minimum absolute atomic E-state index is 0.0896. The summed E-state index contributed by atoms with van der Waals surface area (Å²) in [5.74, 6) is 1.68. The highest BCUT2D eigenvalue weighted by molar-refractivity contribution is 5.36. The van der Waals surface area contributed by atoms with Crippen molar-refractivity contribution in [3.8, 4) is 6.07 Å². The van der Waals surface area contributed by atoms with Crippen LogP contribution < -0.4 is 5.56 Å². The zero-order valence-electron chi connectivity index (χ0n) is 12.0. The minimum atomic E-state index is -0.428. The summed E-state index contributed by atoms with van der Waals surface area (Å²) in [6.07, 6.45) is 3.25. The Morgan fingerprint density at radius 3 is 2.86 bits per heavy atom. The van der Waals surface area contributed by atoms with Crippen LogP contribution in [0.1, 0.15) is 41.4 Å². The first-order valence-corrected chi connectivity index (χ1v) is 6.88. The first-order valence-electron chi connectivity index (χ1n) is 6.88. The summed E-state index contributed by atoms with van der Waals surface area (Å²) >= 11 is 0. The van der Waals surface area contributed by atoms with E-state index in [9.17, 15) is 4.79 Å². The fourth-order valence-electron chi connectivity index (χ4n) is 2.16. The van der Waals surface area contributed by atoms with Crippen molar-refractivity contribution in [2.75, 3.05) is 0 Å². The van der Waals surface area contributed by atoms with Crippen molar-refractivity contribution < 1.29 is 4.52 Å². The third-order valence-corrected chi connectivity index (χ3v) is 3.71. The quantitative estimate of drug-likeness (QED) is 0.834. The van der Waals surface area contributed by atoms with Crippen LogP contribution in [-0.2, 0) is 13.0 Å².